The highest BCUT2D eigenvalue weighted by Crippen LogP contribution is 2.39. The molecule has 2 aromatic heterocycles. The third-order valence-electron chi connectivity index (χ3n) is 6.28. The number of aromatic nitrogens is 2. The van der Waals surface area contributed by atoms with E-state index in [1.807, 2.05) is 18.7 Å². The van der Waals surface area contributed by atoms with Crippen LogP contribution in [0, 0.1) is 5.92 Å². The maximum absolute atomic E-state index is 13.7. The fourth-order valence-electron chi connectivity index (χ4n) is 4.73. The third-order valence-corrected chi connectivity index (χ3v) is 7.98. The normalized spacial score (nSPS) is 16.9. The minimum absolute atomic E-state index is 0.0285. The molecular weight excluding hydrogens is 496 g/mol. The van der Waals surface area contributed by atoms with Crippen molar-refractivity contribution >= 4 is 21.6 Å². The van der Waals surface area contributed by atoms with Crippen LogP contribution in [0.3, 0.4) is 0 Å². The molecule has 10 nitrogen and oxygen atoms in total. The molecule has 2 N–H and O–H groups in total. The van der Waals surface area contributed by atoms with Crippen molar-refractivity contribution in [2.75, 3.05) is 25.7 Å². The van der Waals surface area contributed by atoms with E-state index in [2.05, 4.69) is 16.9 Å². The number of carbonyl (C=O) groups is 1. The largest absolute Gasteiger partial charge is 0.496 e. The molecule has 1 aliphatic rings. The molecule has 0 radical (unpaired) electrons. The summed E-state index contributed by atoms with van der Waals surface area (Å²) in [6.45, 7) is 6.77. The summed E-state index contributed by atoms with van der Waals surface area (Å²) in [6, 6.07) is 10.5. The number of ether oxygens (including phenoxy) is 3. The van der Waals surface area contributed by atoms with Gasteiger partial charge in [0.05, 0.1) is 19.1 Å². The minimum Gasteiger partial charge on any atom is -0.496 e. The first-order valence-corrected chi connectivity index (χ1v) is 13.1. The number of hydrogen-bond acceptors (Lipinski definition) is 9. The summed E-state index contributed by atoms with van der Waals surface area (Å²) in [6.07, 6.45) is 2.23. The number of primary amides is 1. The van der Waals surface area contributed by atoms with Crippen molar-refractivity contribution < 1.29 is 27.4 Å². The van der Waals surface area contributed by atoms with E-state index in [9.17, 15) is 13.2 Å². The van der Waals surface area contributed by atoms with E-state index in [0.717, 1.165) is 6.42 Å². The van der Waals surface area contributed by atoms with Gasteiger partial charge in [-0.25, -0.2) is 18.4 Å². The number of anilines is 1. The zero-order chi connectivity index (χ0) is 27.0. The van der Waals surface area contributed by atoms with Gasteiger partial charge < -0.3 is 24.8 Å². The summed E-state index contributed by atoms with van der Waals surface area (Å²) in [5.74, 6) is 1.06. The highest BCUT2D eigenvalue weighted by molar-refractivity contribution is 7.91. The monoisotopic (exact) mass is 526 g/mol. The molecule has 4 rings (SSSR count). The lowest BCUT2D eigenvalue weighted by Crippen LogP contribution is -2.40. The second-order valence-corrected chi connectivity index (χ2v) is 11.4. The number of sulfone groups is 1. The number of amides is 1. The number of methoxy groups -OCH3 is 2. The van der Waals surface area contributed by atoms with E-state index >= 15 is 0 Å². The quantitative estimate of drug-likeness (QED) is 0.464. The molecule has 1 fully saturated rings. The number of benzene rings is 1. The van der Waals surface area contributed by atoms with Crippen LogP contribution >= 0.6 is 0 Å². The van der Waals surface area contributed by atoms with Gasteiger partial charge in [-0.2, -0.15) is 0 Å². The van der Waals surface area contributed by atoms with Crippen LogP contribution < -0.4 is 24.8 Å². The molecule has 3 heterocycles. The molecule has 1 saturated heterocycles. The molecule has 1 unspecified atom stereocenters. The van der Waals surface area contributed by atoms with Crippen LogP contribution in [-0.2, 0) is 9.84 Å². The zero-order valence-electron chi connectivity index (χ0n) is 21.4. The van der Waals surface area contributed by atoms with Gasteiger partial charge in [0.25, 0.3) is 5.91 Å². The number of rotatable bonds is 8. The average Bonchev–Trinajstić information content (AvgIpc) is 3.14. The van der Waals surface area contributed by atoms with E-state index in [0.29, 0.717) is 29.7 Å². The maximum atomic E-state index is 13.7. The van der Waals surface area contributed by atoms with E-state index in [-0.39, 0.29) is 32.7 Å². The van der Waals surface area contributed by atoms with Crippen molar-refractivity contribution in [2.45, 2.75) is 42.7 Å². The Morgan fingerprint density at radius 2 is 1.73 bits per heavy atom. The lowest BCUT2D eigenvalue weighted by atomic mass is 9.97. The molecule has 1 aliphatic heterocycles. The van der Waals surface area contributed by atoms with Gasteiger partial charge in [0, 0.05) is 42.5 Å². The second-order valence-electron chi connectivity index (χ2n) is 9.57. The lowest BCUT2D eigenvalue weighted by molar-refractivity contribution is 0.0997. The first kappa shape index (κ1) is 26.2. The van der Waals surface area contributed by atoms with Crippen LogP contribution in [-0.4, -0.2) is 50.6 Å². The highest BCUT2D eigenvalue weighted by atomic mass is 32.2. The van der Waals surface area contributed by atoms with Crippen molar-refractivity contribution in [2.24, 2.45) is 11.7 Å². The molecule has 1 amide bonds. The zero-order valence-corrected chi connectivity index (χ0v) is 22.2. The van der Waals surface area contributed by atoms with Crippen molar-refractivity contribution in [3.63, 3.8) is 0 Å². The van der Waals surface area contributed by atoms with Crippen molar-refractivity contribution in [3.8, 4) is 23.1 Å². The molecule has 196 valence electrons. The Hall–Kier alpha value is -3.86. The molecular formula is C26H30N4O6S. The molecule has 1 aromatic carbocycles. The van der Waals surface area contributed by atoms with Crippen molar-refractivity contribution in [1.29, 1.82) is 0 Å². The Labute approximate surface area is 216 Å². The van der Waals surface area contributed by atoms with E-state index in [1.165, 1.54) is 44.7 Å². The van der Waals surface area contributed by atoms with Gasteiger partial charge in [0.1, 0.15) is 28.6 Å². The summed E-state index contributed by atoms with van der Waals surface area (Å²) < 4.78 is 43.8. The van der Waals surface area contributed by atoms with Gasteiger partial charge in [-0.3, -0.25) is 4.79 Å². The van der Waals surface area contributed by atoms with Gasteiger partial charge in [-0.05, 0) is 38.3 Å². The average molecular weight is 527 g/mol. The number of pyridine rings is 2. The lowest BCUT2D eigenvalue weighted by Gasteiger charge is -2.33. The van der Waals surface area contributed by atoms with E-state index in [1.54, 1.807) is 18.2 Å². The summed E-state index contributed by atoms with van der Waals surface area (Å²) in [7, 11) is -1.25. The Morgan fingerprint density at radius 1 is 1.08 bits per heavy atom. The van der Waals surface area contributed by atoms with Crippen LogP contribution in [0.1, 0.15) is 37.6 Å². The van der Waals surface area contributed by atoms with Crippen LogP contribution in [0.15, 0.2) is 58.6 Å². The van der Waals surface area contributed by atoms with Crippen molar-refractivity contribution in [3.05, 3.63) is 54.2 Å². The molecule has 37 heavy (non-hydrogen) atoms. The van der Waals surface area contributed by atoms with Gasteiger partial charge in [0.2, 0.25) is 15.7 Å². The van der Waals surface area contributed by atoms with Gasteiger partial charge in [-0.1, -0.05) is 13.0 Å². The second kappa shape index (κ2) is 9.89. The Morgan fingerprint density at radius 3 is 2.30 bits per heavy atom. The first-order chi connectivity index (χ1) is 17.5. The number of carbonyl (C=O) groups excluding carboxylic acids is 1. The minimum atomic E-state index is -4.27. The predicted octanol–water partition coefficient (Wildman–Crippen LogP) is 3.84. The van der Waals surface area contributed by atoms with E-state index in [4.69, 9.17) is 19.9 Å². The maximum Gasteiger partial charge on any atom is 0.253 e. The summed E-state index contributed by atoms with van der Waals surface area (Å²) in [5.41, 5.74) is 5.24. The molecule has 0 spiro atoms. The van der Waals surface area contributed by atoms with Gasteiger partial charge in [-0.15, -0.1) is 0 Å². The highest BCUT2D eigenvalue weighted by Gasteiger charge is 2.40. The Bertz CT molecular complexity index is 1420. The van der Waals surface area contributed by atoms with Gasteiger partial charge in [0.15, 0.2) is 5.03 Å². The molecule has 11 heteroatoms. The van der Waals surface area contributed by atoms with Crippen LogP contribution in [0.4, 0.5) is 5.82 Å². The number of nitrogens with zero attached hydrogens (tertiary/aromatic N) is 3. The Balaban J connectivity index is 1.76. The number of nitrogens with two attached hydrogens (primary N) is 1. The van der Waals surface area contributed by atoms with Crippen LogP contribution in [0.25, 0.3) is 0 Å². The molecule has 0 aliphatic carbocycles. The smallest absolute Gasteiger partial charge is 0.253 e. The third kappa shape index (κ3) is 5.17. The first-order valence-electron chi connectivity index (χ1n) is 11.7. The molecule has 1 atom stereocenters. The summed E-state index contributed by atoms with van der Waals surface area (Å²) >= 11 is 0. The van der Waals surface area contributed by atoms with E-state index < -0.39 is 15.7 Å². The van der Waals surface area contributed by atoms with Gasteiger partial charge >= 0.3 is 0 Å². The standard InChI is InChI=1S/C26H30N4O6S/c1-16-14-26(2,3)30(15-16)25-23(24(27)31)20(9-10-28-25)37(32,33)22-8-6-7-21(29-22)36-19-12-17(34-4)11-18(13-19)35-5/h6-13,16H,14-15H2,1-5H3,(H2,27,31). The fraction of sp³-hybridized carbons (Fsp3) is 0.346. The molecule has 0 saturated carbocycles. The molecule has 3 aromatic rings. The number of hydrogen-bond donors (Lipinski definition) is 1. The van der Waals surface area contributed by atoms with Crippen molar-refractivity contribution in [1.82, 2.24) is 9.97 Å². The van der Waals surface area contributed by atoms with Crippen LogP contribution in [0.2, 0.25) is 0 Å². The SMILES string of the molecule is COc1cc(OC)cc(Oc2cccc(S(=O)(=O)c3ccnc(N4CC(C)CC4(C)C)c3C(N)=O)n2)c1. The summed E-state index contributed by atoms with van der Waals surface area (Å²) in [5, 5.41) is -0.298. The molecule has 0 bridgehead atoms. The van der Waals surface area contributed by atoms with Crippen LogP contribution in [0.5, 0.6) is 23.1 Å². The fourth-order valence-corrected chi connectivity index (χ4v) is 6.12. The Kier molecular flexibility index (Phi) is 7.00. The topological polar surface area (TPSA) is 134 Å². The summed E-state index contributed by atoms with van der Waals surface area (Å²) in [4.78, 5) is 22.9. The predicted molar refractivity (Wildman–Crippen MR) is 137 cm³/mol.